The quantitative estimate of drug-likeness (QED) is 0.917. The van der Waals surface area contributed by atoms with E-state index >= 15 is 0 Å². The monoisotopic (exact) mass is 290 g/mol. The lowest BCUT2D eigenvalue weighted by Crippen LogP contribution is -2.37. The van der Waals surface area contributed by atoms with E-state index in [9.17, 15) is 4.79 Å². The van der Waals surface area contributed by atoms with Gasteiger partial charge in [0.2, 0.25) is 11.9 Å². The highest BCUT2D eigenvalue weighted by atomic mass is 16.5. The number of nitrogens with one attached hydrogen (secondary N) is 1. The number of aromatic nitrogens is 2. The Bertz CT molecular complexity index is 513. The summed E-state index contributed by atoms with van der Waals surface area (Å²) >= 11 is 0. The fraction of sp³-hybridized carbons (Fsp3) is 0.667. The van der Waals surface area contributed by atoms with E-state index in [-0.39, 0.29) is 11.8 Å². The molecule has 0 aromatic carbocycles. The Kier molecular flexibility index (Phi) is 4.05. The number of nitrogens with zero attached hydrogens (tertiary/aromatic N) is 3. The number of ether oxygens (including phenoxy) is 1. The van der Waals surface area contributed by atoms with Crippen LogP contribution in [0.25, 0.3) is 0 Å². The average Bonchev–Trinajstić information content (AvgIpc) is 2.41. The number of hydrogen-bond donors (Lipinski definition) is 1. The van der Waals surface area contributed by atoms with Gasteiger partial charge in [-0.3, -0.25) is 4.79 Å². The van der Waals surface area contributed by atoms with Crippen LogP contribution in [0.3, 0.4) is 0 Å². The molecule has 0 unspecified atom stereocenters. The van der Waals surface area contributed by atoms with Crippen LogP contribution in [-0.2, 0) is 9.53 Å². The van der Waals surface area contributed by atoms with E-state index in [4.69, 9.17) is 4.74 Å². The molecule has 0 radical (unpaired) electrons. The molecule has 2 heterocycles. The number of carbonyl (C=O) groups is 1. The molecule has 1 amide bonds. The molecule has 0 bridgehead atoms. The standard InChI is InChI=1S/C15H22N4O2/c1-10-13(18-14(20)12-4-3-5-12)11(2)17-15(16-10)19-6-8-21-9-7-19/h12H,3-9H2,1-2H3,(H,18,20). The summed E-state index contributed by atoms with van der Waals surface area (Å²) in [6.07, 6.45) is 3.15. The van der Waals surface area contributed by atoms with E-state index < -0.39 is 0 Å². The van der Waals surface area contributed by atoms with Gasteiger partial charge in [0.15, 0.2) is 0 Å². The number of anilines is 2. The van der Waals surface area contributed by atoms with Gasteiger partial charge in [-0.25, -0.2) is 9.97 Å². The van der Waals surface area contributed by atoms with Crippen molar-refractivity contribution in [2.24, 2.45) is 5.92 Å². The molecule has 1 N–H and O–H groups in total. The topological polar surface area (TPSA) is 67.3 Å². The summed E-state index contributed by atoms with van der Waals surface area (Å²) in [5.41, 5.74) is 2.43. The molecule has 1 aliphatic heterocycles. The van der Waals surface area contributed by atoms with Gasteiger partial charge >= 0.3 is 0 Å². The van der Waals surface area contributed by atoms with Gasteiger partial charge in [-0.05, 0) is 26.7 Å². The smallest absolute Gasteiger partial charge is 0.227 e. The van der Waals surface area contributed by atoms with Gasteiger partial charge in [-0.1, -0.05) is 6.42 Å². The summed E-state index contributed by atoms with van der Waals surface area (Å²) in [7, 11) is 0. The first-order valence-corrected chi connectivity index (χ1v) is 7.64. The Balaban J connectivity index is 1.76. The molecular formula is C15H22N4O2. The van der Waals surface area contributed by atoms with Crippen molar-refractivity contribution < 1.29 is 9.53 Å². The number of aryl methyl sites for hydroxylation is 2. The van der Waals surface area contributed by atoms with Crippen molar-refractivity contribution in [3.05, 3.63) is 11.4 Å². The summed E-state index contributed by atoms with van der Waals surface area (Å²) in [4.78, 5) is 23.3. The van der Waals surface area contributed by atoms with Gasteiger partial charge in [0.05, 0.1) is 30.3 Å². The molecule has 0 atom stereocenters. The number of carbonyl (C=O) groups excluding carboxylic acids is 1. The Morgan fingerprint density at radius 2 is 1.81 bits per heavy atom. The predicted octanol–water partition coefficient (Wildman–Crippen LogP) is 1.67. The lowest BCUT2D eigenvalue weighted by atomic mass is 9.85. The minimum Gasteiger partial charge on any atom is -0.378 e. The van der Waals surface area contributed by atoms with Crippen molar-refractivity contribution in [2.45, 2.75) is 33.1 Å². The van der Waals surface area contributed by atoms with Gasteiger partial charge in [-0.2, -0.15) is 0 Å². The van der Waals surface area contributed by atoms with Gasteiger partial charge < -0.3 is 15.0 Å². The molecule has 1 aliphatic carbocycles. The van der Waals surface area contributed by atoms with Crippen LogP contribution >= 0.6 is 0 Å². The van der Waals surface area contributed by atoms with Crippen LogP contribution in [0.15, 0.2) is 0 Å². The number of amides is 1. The van der Waals surface area contributed by atoms with E-state index in [0.29, 0.717) is 13.2 Å². The number of rotatable bonds is 3. The summed E-state index contributed by atoms with van der Waals surface area (Å²) < 4.78 is 5.35. The number of hydrogen-bond acceptors (Lipinski definition) is 5. The molecule has 2 fully saturated rings. The zero-order valence-electron chi connectivity index (χ0n) is 12.7. The maximum absolute atomic E-state index is 12.1. The molecule has 1 saturated carbocycles. The molecular weight excluding hydrogens is 268 g/mol. The van der Waals surface area contributed by atoms with Gasteiger partial charge in [0.1, 0.15) is 0 Å². The molecule has 21 heavy (non-hydrogen) atoms. The first-order valence-electron chi connectivity index (χ1n) is 7.64. The molecule has 6 heteroatoms. The Morgan fingerprint density at radius 3 is 2.33 bits per heavy atom. The SMILES string of the molecule is Cc1nc(N2CCOCC2)nc(C)c1NC(=O)C1CCC1. The Morgan fingerprint density at radius 1 is 1.19 bits per heavy atom. The van der Waals surface area contributed by atoms with Crippen molar-refractivity contribution in [3.8, 4) is 0 Å². The van der Waals surface area contributed by atoms with Crippen LogP contribution in [0.4, 0.5) is 11.6 Å². The van der Waals surface area contributed by atoms with Crippen molar-refractivity contribution in [1.29, 1.82) is 0 Å². The molecule has 0 spiro atoms. The molecule has 3 rings (SSSR count). The van der Waals surface area contributed by atoms with Gasteiger partial charge in [-0.15, -0.1) is 0 Å². The normalized spacial score (nSPS) is 19.2. The third-order valence-electron chi connectivity index (χ3n) is 4.28. The van der Waals surface area contributed by atoms with E-state index in [1.807, 2.05) is 13.8 Å². The lowest BCUT2D eigenvalue weighted by Gasteiger charge is -2.28. The second-order valence-electron chi connectivity index (χ2n) is 5.79. The summed E-state index contributed by atoms with van der Waals surface area (Å²) in [6.45, 7) is 6.90. The van der Waals surface area contributed by atoms with Gasteiger partial charge in [0, 0.05) is 19.0 Å². The predicted molar refractivity (Wildman–Crippen MR) is 80.5 cm³/mol. The van der Waals surface area contributed by atoms with Crippen LogP contribution in [0.2, 0.25) is 0 Å². The fourth-order valence-corrected chi connectivity index (χ4v) is 2.68. The third kappa shape index (κ3) is 3.00. The molecule has 1 aromatic heterocycles. The highest BCUT2D eigenvalue weighted by Crippen LogP contribution is 2.29. The van der Waals surface area contributed by atoms with E-state index in [1.165, 1.54) is 0 Å². The summed E-state index contributed by atoms with van der Waals surface area (Å²) in [5.74, 6) is 1.01. The Hall–Kier alpha value is -1.69. The van der Waals surface area contributed by atoms with Crippen molar-refractivity contribution in [3.63, 3.8) is 0 Å². The van der Waals surface area contributed by atoms with Crippen LogP contribution in [0.1, 0.15) is 30.7 Å². The largest absolute Gasteiger partial charge is 0.378 e. The van der Waals surface area contributed by atoms with Crippen LogP contribution in [0, 0.1) is 19.8 Å². The van der Waals surface area contributed by atoms with Gasteiger partial charge in [0.25, 0.3) is 0 Å². The first kappa shape index (κ1) is 14.3. The zero-order valence-corrected chi connectivity index (χ0v) is 12.7. The van der Waals surface area contributed by atoms with Crippen LogP contribution in [-0.4, -0.2) is 42.2 Å². The highest BCUT2D eigenvalue weighted by molar-refractivity contribution is 5.94. The average molecular weight is 290 g/mol. The van der Waals surface area contributed by atoms with Crippen LogP contribution < -0.4 is 10.2 Å². The zero-order chi connectivity index (χ0) is 14.8. The third-order valence-corrected chi connectivity index (χ3v) is 4.28. The fourth-order valence-electron chi connectivity index (χ4n) is 2.68. The molecule has 1 saturated heterocycles. The molecule has 1 aromatic rings. The lowest BCUT2D eigenvalue weighted by molar-refractivity contribution is -0.122. The summed E-state index contributed by atoms with van der Waals surface area (Å²) in [5, 5.41) is 3.00. The maximum atomic E-state index is 12.1. The van der Waals surface area contributed by atoms with E-state index in [0.717, 1.165) is 55.4 Å². The molecule has 6 nitrogen and oxygen atoms in total. The minimum absolute atomic E-state index is 0.107. The molecule has 2 aliphatic rings. The summed E-state index contributed by atoms with van der Waals surface area (Å²) in [6, 6.07) is 0. The first-order chi connectivity index (χ1) is 10.1. The van der Waals surface area contributed by atoms with Crippen LogP contribution in [0.5, 0.6) is 0 Å². The van der Waals surface area contributed by atoms with E-state index in [2.05, 4.69) is 20.2 Å². The Labute approximate surface area is 124 Å². The highest BCUT2D eigenvalue weighted by Gasteiger charge is 2.26. The van der Waals surface area contributed by atoms with Crippen molar-refractivity contribution in [2.75, 3.05) is 36.5 Å². The second-order valence-corrected chi connectivity index (χ2v) is 5.79. The van der Waals surface area contributed by atoms with E-state index in [1.54, 1.807) is 0 Å². The second kappa shape index (κ2) is 5.97. The minimum atomic E-state index is 0.107. The maximum Gasteiger partial charge on any atom is 0.227 e. The molecule has 114 valence electrons. The number of morpholine rings is 1. The van der Waals surface area contributed by atoms with Crippen molar-refractivity contribution >= 4 is 17.5 Å². The van der Waals surface area contributed by atoms with Crippen molar-refractivity contribution in [1.82, 2.24) is 9.97 Å².